The number of benzene rings is 2. The minimum Gasteiger partial charge on any atom is -0.495 e. The van der Waals surface area contributed by atoms with Crippen LogP contribution in [0.3, 0.4) is 0 Å². The first kappa shape index (κ1) is 13.5. The molecular weight excluding hydrogens is 266 g/mol. The molecule has 1 N–H and O–H groups in total. The van der Waals surface area contributed by atoms with Crippen LogP contribution >= 0.6 is 0 Å². The lowest BCUT2D eigenvalue weighted by atomic mass is 9.96. The highest BCUT2D eigenvalue weighted by Gasteiger charge is 2.26. The Kier molecular flexibility index (Phi) is 3.77. The largest absolute Gasteiger partial charge is 0.495 e. The van der Waals surface area contributed by atoms with Crippen molar-refractivity contribution in [1.82, 2.24) is 0 Å². The van der Waals surface area contributed by atoms with E-state index in [-0.39, 0.29) is 11.8 Å². The Hall–Kier alpha value is -2.49. The highest BCUT2D eigenvalue weighted by molar-refractivity contribution is 5.94. The van der Waals surface area contributed by atoms with E-state index in [1.165, 1.54) is 0 Å². The molecule has 0 fully saturated rings. The van der Waals surface area contributed by atoms with Gasteiger partial charge in [-0.1, -0.05) is 30.3 Å². The summed E-state index contributed by atoms with van der Waals surface area (Å²) in [4.78, 5) is 12.4. The number of hydrogen-bond donors (Lipinski definition) is 1. The van der Waals surface area contributed by atoms with E-state index in [0.29, 0.717) is 24.5 Å². The lowest BCUT2D eigenvalue weighted by molar-refractivity contribution is -0.121. The van der Waals surface area contributed by atoms with Crippen LogP contribution in [-0.2, 0) is 11.2 Å². The predicted octanol–water partition coefficient (Wildman–Crippen LogP) is 2.89. The number of nitrogens with one attached hydrogen (secondary N) is 1. The predicted molar refractivity (Wildman–Crippen MR) is 80.8 cm³/mol. The van der Waals surface area contributed by atoms with Crippen LogP contribution in [0.25, 0.3) is 0 Å². The number of amides is 1. The summed E-state index contributed by atoms with van der Waals surface area (Å²) < 4.78 is 10.9. The third-order valence-electron chi connectivity index (χ3n) is 3.61. The SMILES string of the molecule is COc1ccccc1NC(=O)[C@@H]1COc2ccccc2C1. The van der Waals surface area contributed by atoms with Gasteiger partial charge in [-0.15, -0.1) is 0 Å². The molecule has 4 nitrogen and oxygen atoms in total. The van der Waals surface area contributed by atoms with E-state index in [0.717, 1.165) is 11.3 Å². The smallest absolute Gasteiger partial charge is 0.231 e. The summed E-state index contributed by atoms with van der Waals surface area (Å²) in [5.41, 5.74) is 1.76. The number of anilines is 1. The third-order valence-corrected chi connectivity index (χ3v) is 3.61. The van der Waals surface area contributed by atoms with Gasteiger partial charge in [-0.3, -0.25) is 4.79 Å². The minimum absolute atomic E-state index is 0.0472. The van der Waals surface area contributed by atoms with Gasteiger partial charge in [-0.05, 0) is 30.2 Å². The Morgan fingerprint density at radius 3 is 2.81 bits per heavy atom. The molecule has 1 amide bonds. The van der Waals surface area contributed by atoms with Crippen LogP contribution in [0.4, 0.5) is 5.69 Å². The molecule has 0 bridgehead atoms. The zero-order valence-electron chi connectivity index (χ0n) is 11.8. The number of fused-ring (bicyclic) bond motifs is 1. The molecule has 2 aromatic rings. The maximum absolute atomic E-state index is 12.4. The Balaban J connectivity index is 1.72. The van der Waals surface area contributed by atoms with Crippen molar-refractivity contribution in [3.8, 4) is 11.5 Å². The van der Waals surface area contributed by atoms with Crippen LogP contribution in [0.1, 0.15) is 5.56 Å². The normalized spacial score (nSPS) is 16.5. The van der Waals surface area contributed by atoms with Crippen LogP contribution in [0.2, 0.25) is 0 Å². The molecule has 1 aliphatic rings. The van der Waals surface area contributed by atoms with Crippen LogP contribution in [0, 0.1) is 5.92 Å². The Labute approximate surface area is 123 Å². The molecule has 1 heterocycles. The van der Waals surface area contributed by atoms with Crippen molar-refractivity contribution in [2.45, 2.75) is 6.42 Å². The number of rotatable bonds is 3. The Bertz CT molecular complexity index is 654. The van der Waals surface area contributed by atoms with Gasteiger partial charge in [0.15, 0.2) is 0 Å². The lowest BCUT2D eigenvalue weighted by Crippen LogP contribution is -2.32. The topological polar surface area (TPSA) is 47.6 Å². The van der Waals surface area contributed by atoms with Gasteiger partial charge in [-0.25, -0.2) is 0 Å². The van der Waals surface area contributed by atoms with E-state index >= 15 is 0 Å². The second-order valence-corrected chi connectivity index (χ2v) is 5.01. The van der Waals surface area contributed by atoms with Crippen molar-refractivity contribution in [2.24, 2.45) is 5.92 Å². The van der Waals surface area contributed by atoms with E-state index in [1.807, 2.05) is 48.5 Å². The lowest BCUT2D eigenvalue weighted by Gasteiger charge is -2.24. The number of carbonyl (C=O) groups excluding carboxylic acids is 1. The molecule has 0 radical (unpaired) electrons. The fourth-order valence-corrected chi connectivity index (χ4v) is 2.48. The summed E-state index contributed by atoms with van der Waals surface area (Å²) in [7, 11) is 1.59. The van der Waals surface area contributed by atoms with Gasteiger partial charge >= 0.3 is 0 Å². The summed E-state index contributed by atoms with van der Waals surface area (Å²) in [6.07, 6.45) is 0.692. The van der Waals surface area contributed by atoms with Crippen molar-refractivity contribution >= 4 is 11.6 Å². The molecule has 4 heteroatoms. The molecule has 21 heavy (non-hydrogen) atoms. The zero-order chi connectivity index (χ0) is 14.7. The van der Waals surface area contributed by atoms with Crippen molar-refractivity contribution < 1.29 is 14.3 Å². The molecule has 0 aliphatic carbocycles. The maximum Gasteiger partial charge on any atom is 0.231 e. The molecule has 1 atom stereocenters. The first-order chi connectivity index (χ1) is 10.3. The minimum atomic E-state index is -0.190. The molecule has 3 rings (SSSR count). The van der Waals surface area contributed by atoms with E-state index in [4.69, 9.17) is 9.47 Å². The number of carbonyl (C=O) groups is 1. The molecule has 2 aromatic carbocycles. The molecule has 0 saturated carbocycles. The zero-order valence-corrected chi connectivity index (χ0v) is 11.8. The van der Waals surface area contributed by atoms with Gasteiger partial charge in [0.05, 0.1) is 18.7 Å². The quantitative estimate of drug-likeness (QED) is 0.942. The van der Waals surface area contributed by atoms with E-state index in [9.17, 15) is 4.79 Å². The summed E-state index contributed by atoms with van der Waals surface area (Å²) in [6.45, 7) is 0.401. The Morgan fingerprint density at radius 2 is 1.95 bits per heavy atom. The summed E-state index contributed by atoms with van der Waals surface area (Å²) in [6, 6.07) is 15.2. The average molecular weight is 283 g/mol. The second-order valence-electron chi connectivity index (χ2n) is 5.01. The van der Waals surface area contributed by atoms with Crippen LogP contribution < -0.4 is 14.8 Å². The first-order valence-electron chi connectivity index (χ1n) is 6.92. The Morgan fingerprint density at radius 1 is 1.19 bits per heavy atom. The molecular formula is C17H17NO3. The van der Waals surface area contributed by atoms with Gasteiger partial charge < -0.3 is 14.8 Å². The maximum atomic E-state index is 12.4. The molecule has 108 valence electrons. The van der Waals surface area contributed by atoms with Crippen molar-refractivity contribution in [3.63, 3.8) is 0 Å². The fourth-order valence-electron chi connectivity index (χ4n) is 2.48. The van der Waals surface area contributed by atoms with Crippen LogP contribution in [0.15, 0.2) is 48.5 Å². The first-order valence-corrected chi connectivity index (χ1v) is 6.92. The summed E-state index contributed by atoms with van der Waals surface area (Å²) in [5.74, 6) is 1.29. The van der Waals surface area contributed by atoms with E-state index in [2.05, 4.69) is 5.32 Å². The standard InChI is InChI=1S/C17H17NO3/c1-20-16-9-5-3-7-14(16)18-17(19)13-10-12-6-2-4-8-15(12)21-11-13/h2-9,13H,10-11H2,1H3,(H,18,19)/t13-/m0/s1. The summed E-state index contributed by atoms with van der Waals surface area (Å²) >= 11 is 0. The van der Waals surface area contributed by atoms with Crippen molar-refractivity contribution in [2.75, 3.05) is 19.0 Å². The van der Waals surface area contributed by atoms with Crippen LogP contribution in [0.5, 0.6) is 11.5 Å². The van der Waals surface area contributed by atoms with Gasteiger partial charge in [0, 0.05) is 0 Å². The van der Waals surface area contributed by atoms with Crippen LogP contribution in [-0.4, -0.2) is 19.6 Å². The molecule has 0 unspecified atom stereocenters. The molecule has 0 aromatic heterocycles. The number of methoxy groups -OCH3 is 1. The second kappa shape index (κ2) is 5.87. The average Bonchev–Trinajstić information content (AvgIpc) is 2.55. The van der Waals surface area contributed by atoms with Crippen molar-refractivity contribution in [1.29, 1.82) is 0 Å². The number of ether oxygens (including phenoxy) is 2. The summed E-state index contributed by atoms with van der Waals surface area (Å²) in [5, 5.41) is 2.92. The third kappa shape index (κ3) is 2.84. The monoisotopic (exact) mass is 283 g/mol. The fraction of sp³-hybridized carbons (Fsp3) is 0.235. The number of hydrogen-bond acceptors (Lipinski definition) is 3. The van der Waals surface area contributed by atoms with Gasteiger partial charge in [0.2, 0.25) is 5.91 Å². The van der Waals surface area contributed by atoms with Crippen molar-refractivity contribution in [3.05, 3.63) is 54.1 Å². The molecule has 1 aliphatic heterocycles. The van der Waals surface area contributed by atoms with Gasteiger partial charge in [-0.2, -0.15) is 0 Å². The number of para-hydroxylation sites is 3. The molecule has 0 saturated heterocycles. The molecule has 0 spiro atoms. The van der Waals surface area contributed by atoms with E-state index in [1.54, 1.807) is 7.11 Å². The van der Waals surface area contributed by atoms with E-state index < -0.39 is 0 Å². The van der Waals surface area contributed by atoms with Gasteiger partial charge in [0.25, 0.3) is 0 Å². The van der Waals surface area contributed by atoms with Gasteiger partial charge in [0.1, 0.15) is 18.1 Å². The highest BCUT2D eigenvalue weighted by Crippen LogP contribution is 2.29. The highest BCUT2D eigenvalue weighted by atomic mass is 16.5.